The molecule has 3 aliphatic heterocycles. The highest BCUT2D eigenvalue weighted by Gasteiger charge is 2.72. The highest BCUT2D eigenvalue weighted by molar-refractivity contribution is 6.02. The van der Waals surface area contributed by atoms with Crippen LogP contribution in [0, 0.1) is 11.8 Å². The van der Waals surface area contributed by atoms with Crippen LogP contribution in [0.25, 0.3) is 0 Å². The second kappa shape index (κ2) is 12.0. The van der Waals surface area contributed by atoms with Gasteiger partial charge >= 0.3 is 0 Å². The minimum absolute atomic E-state index is 0.0611. The average Bonchev–Trinajstić information content (AvgIpc) is 3.70. The van der Waals surface area contributed by atoms with Crippen molar-refractivity contribution >= 4 is 23.4 Å². The molecule has 0 unspecified atom stereocenters. The molecule has 0 aromatic heterocycles. The molecule has 45 heavy (non-hydrogen) atoms. The van der Waals surface area contributed by atoms with Crippen molar-refractivity contribution in [1.82, 2.24) is 10.2 Å². The first-order valence-electron chi connectivity index (χ1n) is 15.7. The summed E-state index contributed by atoms with van der Waals surface area (Å²) in [5, 5.41) is 6.22. The second-order valence-electron chi connectivity index (χ2n) is 12.3. The number of nitrogens with one attached hydrogen (secondary N) is 2. The quantitative estimate of drug-likeness (QED) is 0.323. The summed E-state index contributed by atoms with van der Waals surface area (Å²) in [5.41, 5.74) is 0.174. The molecule has 5 atom stereocenters. The van der Waals surface area contributed by atoms with Crippen LogP contribution in [0.5, 0.6) is 17.2 Å². The zero-order valence-electron chi connectivity index (χ0n) is 25.2. The predicted octanol–water partition coefficient (Wildman–Crippen LogP) is 5.23. The molecule has 9 heteroatoms. The Morgan fingerprint density at radius 2 is 1.64 bits per heavy atom. The second-order valence-corrected chi connectivity index (χ2v) is 12.3. The normalized spacial score (nSPS) is 26.9. The summed E-state index contributed by atoms with van der Waals surface area (Å²) in [4.78, 5) is 43.9. The summed E-state index contributed by atoms with van der Waals surface area (Å²) in [6.45, 7) is 0.191. The van der Waals surface area contributed by atoms with E-state index in [0.29, 0.717) is 22.9 Å². The summed E-state index contributed by atoms with van der Waals surface area (Å²) in [7, 11) is 1.59. The summed E-state index contributed by atoms with van der Waals surface area (Å²) >= 11 is 0. The Morgan fingerprint density at radius 1 is 0.911 bits per heavy atom. The maximum atomic E-state index is 14.3. The van der Waals surface area contributed by atoms with E-state index in [1.54, 1.807) is 36.3 Å². The van der Waals surface area contributed by atoms with Gasteiger partial charge in [-0.1, -0.05) is 61.7 Å². The van der Waals surface area contributed by atoms with Crippen molar-refractivity contribution in [3.05, 3.63) is 96.6 Å². The zero-order valence-corrected chi connectivity index (χ0v) is 25.2. The lowest BCUT2D eigenvalue weighted by Crippen LogP contribution is -2.56. The number of hydrogen-bond donors (Lipinski definition) is 2. The van der Waals surface area contributed by atoms with Gasteiger partial charge in [0.15, 0.2) is 0 Å². The van der Waals surface area contributed by atoms with E-state index >= 15 is 0 Å². The first-order chi connectivity index (χ1) is 21.9. The Morgan fingerprint density at radius 3 is 2.40 bits per heavy atom. The molecule has 0 radical (unpaired) electrons. The summed E-state index contributed by atoms with van der Waals surface area (Å²) in [6.07, 6.45) is 8.19. The molecule has 9 nitrogen and oxygen atoms in total. The van der Waals surface area contributed by atoms with E-state index in [1.807, 2.05) is 66.7 Å². The Kier molecular flexibility index (Phi) is 7.79. The molecule has 2 bridgehead atoms. The van der Waals surface area contributed by atoms with Crippen LogP contribution in [0.15, 0.2) is 91.0 Å². The molecule has 3 heterocycles. The molecule has 3 fully saturated rings. The molecular weight excluding hydrogens is 570 g/mol. The molecule has 1 saturated carbocycles. The molecule has 7 rings (SSSR count). The monoisotopic (exact) mass is 607 g/mol. The van der Waals surface area contributed by atoms with Gasteiger partial charge in [-0.15, -0.1) is 0 Å². The Hall–Kier alpha value is -4.63. The van der Waals surface area contributed by atoms with E-state index < -0.39 is 29.6 Å². The molecular formula is C36H37N3O6. The van der Waals surface area contributed by atoms with E-state index in [0.717, 1.165) is 37.7 Å². The van der Waals surface area contributed by atoms with Gasteiger partial charge in [-0.2, -0.15) is 0 Å². The number of ether oxygens (including phenoxy) is 3. The lowest BCUT2D eigenvalue weighted by molar-refractivity contribution is -0.142. The van der Waals surface area contributed by atoms with E-state index in [9.17, 15) is 14.4 Å². The number of fused-ring (bicyclic) bond motifs is 1. The number of methoxy groups -OCH3 is 1. The van der Waals surface area contributed by atoms with Gasteiger partial charge in [0, 0.05) is 18.3 Å². The van der Waals surface area contributed by atoms with E-state index in [2.05, 4.69) is 10.6 Å². The molecule has 3 aromatic rings. The highest BCUT2D eigenvalue weighted by atomic mass is 16.5. The first-order valence-corrected chi connectivity index (χ1v) is 15.7. The van der Waals surface area contributed by atoms with E-state index in [1.165, 1.54) is 0 Å². The summed E-state index contributed by atoms with van der Waals surface area (Å²) in [6, 6.07) is 23.2. The average molecular weight is 608 g/mol. The lowest BCUT2D eigenvalue weighted by Gasteiger charge is -2.34. The Balaban J connectivity index is 1.14. The summed E-state index contributed by atoms with van der Waals surface area (Å²) < 4.78 is 17.8. The Bertz CT molecular complexity index is 1600. The largest absolute Gasteiger partial charge is 0.497 e. The fraction of sp³-hybridized carbons (Fsp3) is 0.361. The molecule has 1 spiro atoms. The standard InChI is InChI=1S/C36H37N3O6/c1-43-28-14-8-9-23(21-28)22-39-32(34(41)38-24-10-4-2-5-11-24)36-20-19-29(45-36)30(31(36)35(39)42)33(40)37-25-15-17-27(18-16-25)44-26-12-6-3-7-13-26/h3,6-9,12-21,24,29-32H,2,4-5,10-11,22H2,1H3,(H,37,40)(H,38,41)/t29-,30-,31-,32-,36+/m1/s1. The van der Waals surface area contributed by atoms with Crippen molar-refractivity contribution in [2.75, 3.05) is 12.4 Å². The number of hydrogen-bond acceptors (Lipinski definition) is 6. The number of nitrogens with zero attached hydrogens (tertiary/aromatic N) is 1. The van der Waals surface area contributed by atoms with Gasteiger partial charge in [-0.3, -0.25) is 14.4 Å². The van der Waals surface area contributed by atoms with Crippen molar-refractivity contribution in [3.8, 4) is 17.2 Å². The van der Waals surface area contributed by atoms with Crippen LogP contribution in [-0.4, -0.2) is 53.5 Å². The first kappa shape index (κ1) is 29.1. The van der Waals surface area contributed by atoms with Gasteiger partial charge < -0.3 is 29.7 Å². The van der Waals surface area contributed by atoms with Crippen molar-refractivity contribution in [2.24, 2.45) is 11.8 Å². The van der Waals surface area contributed by atoms with Gasteiger partial charge in [-0.05, 0) is 66.9 Å². The van der Waals surface area contributed by atoms with Gasteiger partial charge in [0.1, 0.15) is 28.9 Å². The van der Waals surface area contributed by atoms with Crippen LogP contribution in [0.4, 0.5) is 5.69 Å². The molecule has 232 valence electrons. The highest BCUT2D eigenvalue weighted by Crippen LogP contribution is 2.55. The number of para-hydroxylation sites is 1. The third-order valence-electron chi connectivity index (χ3n) is 9.46. The smallest absolute Gasteiger partial charge is 0.246 e. The number of carbonyl (C=O) groups excluding carboxylic acids is 3. The third-order valence-corrected chi connectivity index (χ3v) is 9.46. The molecule has 1 aliphatic carbocycles. The van der Waals surface area contributed by atoms with Crippen LogP contribution in [0.3, 0.4) is 0 Å². The fourth-order valence-electron chi connectivity index (χ4n) is 7.39. The fourth-order valence-corrected chi connectivity index (χ4v) is 7.39. The van der Waals surface area contributed by atoms with Gasteiger partial charge in [0.2, 0.25) is 17.7 Å². The van der Waals surface area contributed by atoms with Crippen LogP contribution in [0.2, 0.25) is 0 Å². The van der Waals surface area contributed by atoms with Crippen molar-refractivity contribution in [2.45, 2.75) is 62.4 Å². The van der Waals surface area contributed by atoms with Crippen LogP contribution in [-0.2, 0) is 25.7 Å². The lowest BCUT2D eigenvalue weighted by atomic mass is 9.74. The molecule has 3 amide bonds. The number of benzene rings is 3. The van der Waals surface area contributed by atoms with Gasteiger partial charge in [0.05, 0.1) is 25.0 Å². The van der Waals surface area contributed by atoms with Crippen molar-refractivity contribution in [3.63, 3.8) is 0 Å². The minimum Gasteiger partial charge on any atom is -0.497 e. The topological polar surface area (TPSA) is 106 Å². The maximum absolute atomic E-state index is 14.3. The Labute approximate surface area is 262 Å². The third kappa shape index (κ3) is 5.46. The number of rotatable bonds is 9. The number of anilines is 1. The number of amides is 3. The number of likely N-dealkylation sites (tertiary alicyclic amines) is 1. The molecule has 2 N–H and O–H groups in total. The minimum atomic E-state index is -1.23. The van der Waals surface area contributed by atoms with E-state index in [4.69, 9.17) is 14.2 Å². The summed E-state index contributed by atoms with van der Waals surface area (Å²) in [5.74, 6) is -0.433. The molecule has 2 saturated heterocycles. The zero-order chi connectivity index (χ0) is 31.0. The van der Waals surface area contributed by atoms with Crippen LogP contribution in [0.1, 0.15) is 37.7 Å². The maximum Gasteiger partial charge on any atom is 0.246 e. The van der Waals surface area contributed by atoms with E-state index in [-0.39, 0.29) is 30.3 Å². The van der Waals surface area contributed by atoms with Crippen molar-refractivity contribution in [1.29, 1.82) is 0 Å². The van der Waals surface area contributed by atoms with Gasteiger partial charge in [0.25, 0.3) is 0 Å². The predicted molar refractivity (Wildman–Crippen MR) is 168 cm³/mol. The van der Waals surface area contributed by atoms with Crippen LogP contribution >= 0.6 is 0 Å². The molecule has 3 aromatic carbocycles. The van der Waals surface area contributed by atoms with Gasteiger partial charge in [-0.25, -0.2) is 0 Å². The van der Waals surface area contributed by atoms with Crippen LogP contribution < -0.4 is 20.1 Å². The SMILES string of the molecule is COc1cccc(CN2C(=O)[C@H]3[C@H](C(=O)Nc4ccc(Oc5ccccc5)cc4)[C@H]4C=C[C@@]3(O4)[C@H]2C(=O)NC2CCCCC2)c1. The van der Waals surface area contributed by atoms with Crippen molar-refractivity contribution < 1.29 is 28.6 Å². The molecule has 4 aliphatic rings. The number of carbonyl (C=O) groups is 3.